The molecule has 5 heteroatoms. The summed E-state index contributed by atoms with van der Waals surface area (Å²) < 4.78 is 29.2. The number of hydrogen-bond donors (Lipinski definition) is 0. The van der Waals surface area contributed by atoms with Crippen molar-refractivity contribution in [3.63, 3.8) is 0 Å². The summed E-state index contributed by atoms with van der Waals surface area (Å²) in [6.45, 7) is 0. The van der Waals surface area contributed by atoms with Gasteiger partial charge in [-0.1, -0.05) is 0 Å². The van der Waals surface area contributed by atoms with Crippen LogP contribution >= 0.6 is 0 Å². The Bertz CT molecular complexity index is 390. The Morgan fingerprint density at radius 2 is 1.38 bits per heavy atom. The lowest BCUT2D eigenvalue weighted by atomic mass is 9.73. The van der Waals surface area contributed by atoms with Gasteiger partial charge in [-0.25, -0.2) is 0 Å². The van der Waals surface area contributed by atoms with Gasteiger partial charge in [0.05, 0.1) is 36.6 Å². The normalized spacial score (nSPS) is 46.5. The first-order chi connectivity index (χ1) is 11.7. The first kappa shape index (κ1) is 18.6. The monoisotopic (exact) mass is 342 g/mol. The Morgan fingerprint density at radius 1 is 0.625 bits per heavy atom. The van der Waals surface area contributed by atoms with E-state index in [0.717, 1.165) is 32.1 Å². The maximum atomic E-state index is 6.60. The Labute approximate surface area is 146 Å². The summed E-state index contributed by atoms with van der Waals surface area (Å²) in [5, 5.41) is 0. The molecular formula is C19H34O5. The highest BCUT2D eigenvalue weighted by molar-refractivity contribution is 4.94. The predicted molar refractivity (Wildman–Crippen MR) is 91.1 cm³/mol. The van der Waals surface area contributed by atoms with Crippen molar-refractivity contribution in [3.8, 4) is 0 Å². The Hall–Kier alpha value is -0.200. The second kappa shape index (κ2) is 8.45. The fraction of sp³-hybridized carbons (Fsp3) is 1.00. The molecule has 2 saturated carbocycles. The summed E-state index contributed by atoms with van der Waals surface area (Å²) >= 11 is 0. The second-order valence-electron chi connectivity index (χ2n) is 7.68. The molecule has 1 heterocycles. The van der Waals surface area contributed by atoms with E-state index in [0.29, 0.717) is 17.9 Å². The Kier molecular flexibility index (Phi) is 6.55. The minimum absolute atomic E-state index is 0.194. The van der Waals surface area contributed by atoms with Crippen molar-refractivity contribution < 1.29 is 23.7 Å². The average Bonchev–Trinajstić information content (AvgIpc) is 2.65. The molecule has 0 aromatic heterocycles. The van der Waals surface area contributed by atoms with Crippen LogP contribution in [0.5, 0.6) is 0 Å². The lowest BCUT2D eigenvalue weighted by Gasteiger charge is -2.48. The highest BCUT2D eigenvalue weighted by Crippen LogP contribution is 2.42. The molecule has 3 rings (SSSR count). The van der Waals surface area contributed by atoms with Crippen LogP contribution in [0.25, 0.3) is 0 Å². The third-order valence-corrected chi connectivity index (χ3v) is 6.62. The largest absolute Gasteiger partial charge is 0.381 e. The molecule has 24 heavy (non-hydrogen) atoms. The van der Waals surface area contributed by atoms with Gasteiger partial charge in [0, 0.05) is 47.2 Å². The van der Waals surface area contributed by atoms with Crippen molar-refractivity contribution >= 4 is 0 Å². The summed E-state index contributed by atoms with van der Waals surface area (Å²) in [5.41, 5.74) is 0. The molecule has 0 aromatic rings. The lowest BCUT2D eigenvalue weighted by molar-refractivity contribution is -0.187. The van der Waals surface area contributed by atoms with Crippen molar-refractivity contribution in [1.82, 2.24) is 0 Å². The Balaban J connectivity index is 1.61. The summed E-state index contributed by atoms with van der Waals surface area (Å²) in [5.74, 6) is 1.09. The third-order valence-electron chi connectivity index (χ3n) is 6.62. The summed E-state index contributed by atoms with van der Waals surface area (Å²) in [4.78, 5) is 0. The van der Waals surface area contributed by atoms with Gasteiger partial charge in [-0.2, -0.15) is 0 Å². The molecule has 0 radical (unpaired) electrons. The van der Waals surface area contributed by atoms with E-state index in [2.05, 4.69) is 0 Å². The maximum absolute atomic E-state index is 6.60. The van der Waals surface area contributed by atoms with E-state index in [9.17, 15) is 0 Å². The van der Waals surface area contributed by atoms with Crippen LogP contribution in [0.4, 0.5) is 0 Å². The summed E-state index contributed by atoms with van der Waals surface area (Å²) in [6, 6.07) is 0. The molecule has 0 amide bonds. The van der Waals surface area contributed by atoms with Crippen LogP contribution < -0.4 is 0 Å². The first-order valence-electron chi connectivity index (χ1n) is 9.46. The maximum Gasteiger partial charge on any atom is 0.0836 e. The van der Waals surface area contributed by atoms with Crippen LogP contribution in [0.15, 0.2) is 0 Å². The van der Waals surface area contributed by atoms with Crippen LogP contribution in [0.1, 0.15) is 44.9 Å². The van der Waals surface area contributed by atoms with Crippen molar-refractivity contribution in [3.05, 3.63) is 0 Å². The minimum Gasteiger partial charge on any atom is -0.381 e. The fourth-order valence-electron chi connectivity index (χ4n) is 5.18. The molecule has 140 valence electrons. The van der Waals surface area contributed by atoms with Gasteiger partial charge in [-0.3, -0.25) is 0 Å². The third kappa shape index (κ3) is 3.80. The zero-order valence-electron chi connectivity index (χ0n) is 15.6. The van der Waals surface area contributed by atoms with Crippen LogP contribution in [0.3, 0.4) is 0 Å². The molecule has 0 N–H and O–H groups in total. The molecule has 1 saturated heterocycles. The first-order valence-corrected chi connectivity index (χ1v) is 9.46. The number of hydrogen-bond acceptors (Lipinski definition) is 5. The van der Waals surface area contributed by atoms with E-state index in [4.69, 9.17) is 23.7 Å². The van der Waals surface area contributed by atoms with Gasteiger partial charge in [0.1, 0.15) is 0 Å². The van der Waals surface area contributed by atoms with Gasteiger partial charge < -0.3 is 23.7 Å². The quantitative estimate of drug-likeness (QED) is 0.769. The molecule has 0 aromatic carbocycles. The minimum atomic E-state index is 0.194. The van der Waals surface area contributed by atoms with Gasteiger partial charge in [0.25, 0.3) is 0 Å². The topological polar surface area (TPSA) is 46.2 Å². The van der Waals surface area contributed by atoms with E-state index in [1.165, 1.54) is 12.8 Å². The molecule has 0 spiro atoms. The predicted octanol–water partition coefficient (Wildman–Crippen LogP) is 2.80. The van der Waals surface area contributed by atoms with Crippen LogP contribution in [0, 0.1) is 11.8 Å². The highest BCUT2D eigenvalue weighted by Gasteiger charge is 2.45. The Morgan fingerprint density at radius 3 is 2.04 bits per heavy atom. The summed E-state index contributed by atoms with van der Waals surface area (Å²) in [7, 11) is 7.20. The van der Waals surface area contributed by atoms with Crippen molar-refractivity contribution in [2.75, 3.05) is 28.4 Å². The highest BCUT2D eigenvalue weighted by atomic mass is 16.5. The number of rotatable bonds is 5. The van der Waals surface area contributed by atoms with Crippen LogP contribution in [-0.4, -0.2) is 65.1 Å². The van der Waals surface area contributed by atoms with Crippen molar-refractivity contribution in [2.24, 2.45) is 11.8 Å². The van der Waals surface area contributed by atoms with E-state index in [1.807, 2.05) is 7.11 Å². The molecule has 0 bridgehead atoms. The van der Waals surface area contributed by atoms with Crippen molar-refractivity contribution in [2.45, 2.75) is 81.6 Å². The molecule has 3 aliphatic rings. The van der Waals surface area contributed by atoms with Gasteiger partial charge in [-0.15, -0.1) is 0 Å². The zero-order chi connectivity index (χ0) is 17.1. The van der Waals surface area contributed by atoms with E-state index >= 15 is 0 Å². The smallest absolute Gasteiger partial charge is 0.0836 e. The van der Waals surface area contributed by atoms with Crippen LogP contribution in [0.2, 0.25) is 0 Å². The average molecular weight is 342 g/mol. The van der Waals surface area contributed by atoms with E-state index in [1.54, 1.807) is 21.3 Å². The van der Waals surface area contributed by atoms with Gasteiger partial charge in [-0.05, 0) is 38.0 Å². The van der Waals surface area contributed by atoms with Crippen LogP contribution in [-0.2, 0) is 23.7 Å². The zero-order valence-corrected chi connectivity index (χ0v) is 15.6. The molecule has 2 aliphatic carbocycles. The van der Waals surface area contributed by atoms with E-state index in [-0.39, 0.29) is 30.5 Å². The van der Waals surface area contributed by atoms with Gasteiger partial charge >= 0.3 is 0 Å². The standard InChI is InChI=1S/C19H34O5/c1-20-13-10-17(22-3)14-6-8-15(24-18(14)11-13)12-5-7-16(21-2)19(9-12)23-4/h12-19H,5-11H2,1-4H3. The number of fused-ring (bicyclic) bond motifs is 1. The SMILES string of the molecule is COC1CC(OC)C2CCC(C3CCC(OC)C(OC)C3)OC2C1. The molecular weight excluding hydrogens is 308 g/mol. The molecule has 8 unspecified atom stereocenters. The second-order valence-corrected chi connectivity index (χ2v) is 7.68. The lowest BCUT2D eigenvalue weighted by Crippen LogP contribution is -2.51. The molecule has 1 aliphatic heterocycles. The molecule has 3 fully saturated rings. The molecule has 5 nitrogen and oxygen atoms in total. The van der Waals surface area contributed by atoms with Gasteiger partial charge in [0.2, 0.25) is 0 Å². The number of methoxy groups -OCH3 is 4. The van der Waals surface area contributed by atoms with Crippen molar-refractivity contribution in [1.29, 1.82) is 0 Å². The summed E-state index contributed by atoms with van der Waals surface area (Å²) in [6.07, 6.45) is 9.16. The van der Waals surface area contributed by atoms with E-state index < -0.39 is 0 Å². The fourth-order valence-corrected chi connectivity index (χ4v) is 5.18. The molecule has 8 atom stereocenters. The van der Waals surface area contributed by atoms with Gasteiger partial charge in [0.15, 0.2) is 0 Å². The number of ether oxygens (including phenoxy) is 5.